The standard InChI is InChI=1S/C15H13BrClNO2/c16-13-7-6-12(8-14(13)17)9-18-15(19)20-10-11-4-2-1-3-5-11/h1-8H,9-10H2,(H,18,19). The highest BCUT2D eigenvalue weighted by molar-refractivity contribution is 9.10. The Morgan fingerprint density at radius 2 is 1.90 bits per heavy atom. The Labute approximate surface area is 131 Å². The fraction of sp³-hybridized carbons (Fsp3) is 0.133. The van der Waals surface area contributed by atoms with E-state index in [1.807, 2.05) is 42.5 Å². The van der Waals surface area contributed by atoms with E-state index in [1.165, 1.54) is 0 Å². The number of carbonyl (C=O) groups excluding carboxylic acids is 1. The first-order valence-corrected chi connectivity index (χ1v) is 7.21. The molecule has 5 heteroatoms. The Bertz CT molecular complexity index is 590. The first-order chi connectivity index (χ1) is 9.65. The van der Waals surface area contributed by atoms with Crippen LogP contribution in [0.15, 0.2) is 53.0 Å². The molecule has 0 aliphatic carbocycles. The molecule has 2 aromatic carbocycles. The summed E-state index contributed by atoms with van der Waals surface area (Å²) >= 11 is 9.30. The summed E-state index contributed by atoms with van der Waals surface area (Å²) in [4.78, 5) is 11.6. The number of nitrogens with one attached hydrogen (secondary N) is 1. The maximum Gasteiger partial charge on any atom is 0.407 e. The van der Waals surface area contributed by atoms with E-state index in [1.54, 1.807) is 6.07 Å². The first kappa shape index (κ1) is 14.9. The summed E-state index contributed by atoms with van der Waals surface area (Å²) in [7, 11) is 0. The number of rotatable bonds is 4. The summed E-state index contributed by atoms with van der Waals surface area (Å²) < 4.78 is 5.94. The van der Waals surface area contributed by atoms with Crippen molar-refractivity contribution in [3.05, 3.63) is 69.2 Å². The van der Waals surface area contributed by atoms with E-state index < -0.39 is 6.09 Å². The van der Waals surface area contributed by atoms with Crippen molar-refractivity contribution >= 4 is 33.6 Å². The number of hydrogen-bond donors (Lipinski definition) is 1. The first-order valence-electron chi connectivity index (χ1n) is 6.03. The second-order valence-corrected chi connectivity index (χ2v) is 5.43. The molecule has 2 aromatic rings. The van der Waals surface area contributed by atoms with Gasteiger partial charge in [-0.15, -0.1) is 0 Å². The highest BCUT2D eigenvalue weighted by atomic mass is 79.9. The van der Waals surface area contributed by atoms with Crippen LogP contribution in [0.5, 0.6) is 0 Å². The SMILES string of the molecule is O=C(NCc1ccc(Br)c(Cl)c1)OCc1ccccc1. The van der Waals surface area contributed by atoms with Gasteiger partial charge in [-0.3, -0.25) is 0 Å². The van der Waals surface area contributed by atoms with Gasteiger partial charge in [0.15, 0.2) is 0 Å². The topological polar surface area (TPSA) is 38.3 Å². The second-order valence-electron chi connectivity index (χ2n) is 4.16. The van der Waals surface area contributed by atoms with Gasteiger partial charge in [0.1, 0.15) is 6.61 Å². The number of alkyl carbamates (subject to hydrolysis) is 1. The molecular formula is C15H13BrClNO2. The van der Waals surface area contributed by atoms with Crippen LogP contribution in [0.3, 0.4) is 0 Å². The van der Waals surface area contributed by atoms with Crippen molar-refractivity contribution in [2.45, 2.75) is 13.2 Å². The summed E-state index contributed by atoms with van der Waals surface area (Å²) in [6.07, 6.45) is -0.451. The van der Waals surface area contributed by atoms with E-state index in [4.69, 9.17) is 16.3 Å². The molecule has 0 aromatic heterocycles. The van der Waals surface area contributed by atoms with Crippen molar-refractivity contribution in [1.29, 1.82) is 0 Å². The zero-order chi connectivity index (χ0) is 14.4. The van der Waals surface area contributed by atoms with Crippen molar-refractivity contribution in [3.8, 4) is 0 Å². The van der Waals surface area contributed by atoms with Crippen LogP contribution >= 0.6 is 27.5 Å². The molecule has 3 nitrogen and oxygen atoms in total. The van der Waals surface area contributed by atoms with Gasteiger partial charge in [-0.05, 0) is 39.2 Å². The van der Waals surface area contributed by atoms with E-state index in [0.717, 1.165) is 15.6 Å². The van der Waals surface area contributed by atoms with Crippen molar-refractivity contribution in [1.82, 2.24) is 5.32 Å². The Kier molecular flexibility index (Phi) is 5.44. The molecule has 0 saturated carbocycles. The van der Waals surface area contributed by atoms with E-state index in [2.05, 4.69) is 21.2 Å². The molecular weight excluding hydrogens is 342 g/mol. The fourth-order valence-corrected chi connectivity index (χ4v) is 2.05. The lowest BCUT2D eigenvalue weighted by atomic mass is 10.2. The number of ether oxygens (including phenoxy) is 1. The fourth-order valence-electron chi connectivity index (χ4n) is 1.60. The van der Waals surface area contributed by atoms with Crippen molar-refractivity contribution < 1.29 is 9.53 Å². The molecule has 0 unspecified atom stereocenters. The Morgan fingerprint density at radius 1 is 1.15 bits per heavy atom. The molecule has 0 saturated heterocycles. The van der Waals surface area contributed by atoms with Crippen LogP contribution in [-0.4, -0.2) is 6.09 Å². The van der Waals surface area contributed by atoms with Crippen molar-refractivity contribution in [2.24, 2.45) is 0 Å². The Balaban J connectivity index is 1.79. The van der Waals surface area contributed by atoms with E-state index in [-0.39, 0.29) is 6.61 Å². The maximum atomic E-state index is 11.6. The third-order valence-electron chi connectivity index (χ3n) is 2.63. The van der Waals surface area contributed by atoms with Gasteiger partial charge in [0.2, 0.25) is 0 Å². The minimum absolute atomic E-state index is 0.258. The van der Waals surface area contributed by atoms with Crippen molar-refractivity contribution in [3.63, 3.8) is 0 Å². The zero-order valence-corrected chi connectivity index (χ0v) is 12.9. The second kappa shape index (κ2) is 7.31. The summed E-state index contributed by atoms with van der Waals surface area (Å²) in [5, 5.41) is 3.29. The van der Waals surface area contributed by atoms with Gasteiger partial charge in [-0.1, -0.05) is 48.0 Å². The Morgan fingerprint density at radius 3 is 2.60 bits per heavy atom. The number of hydrogen-bond acceptors (Lipinski definition) is 2. The molecule has 0 fully saturated rings. The molecule has 0 aliphatic rings. The van der Waals surface area contributed by atoms with Gasteiger partial charge < -0.3 is 10.1 Å². The summed E-state index contributed by atoms with van der Waals surface area (Å²) in [6, 6.07) is 15.1. The predicted molar refractivity (Wildman–Crippen MR) is 82.6 cm³/mol. The van der Waals surface area contributed by atoms with E-state index in [9.17, 15) is 4.79 Å². The molecule has 0 bridgehead atoms. The molecule has 0 aliphatic heterocycles. The number of amides is 1. The van der Waals surface area contributed by atoms with Crippen LogP contribution in [0.2, 0.25) is 5.02 Å². The van der Waals surface area contributed by atoms with E-state index >= 15 is 0 Å². The third kappa shape index (κ3) is 4.54. The van der Waals surface area contributed by atoms with Gasteiger partial charge >= 0.3 is 6.09 Å². The molecule has 20 heavy (non-hydrogen) atoms. The quantitative estimate of drug-likeness (QED) is 0.876. The molecule has 1 N–H and O–H groups in total. The minimum Gasteiger partial charge on any atom is -0.445 e. The average Bonchev–Trinajstić information content (AvgIpc) is 2.47. The number of benzene rings is 2. The summed E-state index contributed by atoms with van der Waals surface area (Å²) in [5.41, 5.74) is 1.86. The van der Waals surface area contributed by atoms with Crippen LogP contribution in [-0.2, 0) is 17.9 Å². The van der Waals surface area contributed by atoms with Gasteiger partial charge in [-0.25, -0.2) is 4.79 Å². The zero-order valence-electron chi connectivity index (χ0n) is 10.6. The molecule has 0 heterocycles. The molecule has 0 atom stereocenters. The van der Waals surface area contributed by atoms with Gasteiger partial charge in [-0.2, -0.15) is 0 Å². The lowest BCUT2D eigenvalue weighted by Crippen LogP contribution is -2.23. The van der Waals surface area contributed by atoms with Crippen molar-refractivity contribution in [2.75, 3.05) is 0 Å². The predicted octanol–water partition coefficient (Wildman–Crippen LogP) is 4.53. The normalized spacial score (nSPS) is 10.1. The Hall–Kier alpha value is -1.52. The lowest BCUT2D eigenvalue weighted by molar-refractivity contribution is 0.139. The molecule has 2 rings (SSSR count). The maximum absolute atomic E-state index is 11.6. The molecule has 0 radical (unpaired) electrons. The largest absolute Gasteiger partial charge is 0.445 e. The number of carbonyl (C=O) groups is 1. The van der Waals surface area contributed by atoms with Crippen LogP contribution in [0.25, 0.3) is 0 Å². The van der Waals surface area contributed by atoms with E-state index in [0.29, 0.717) is 11.6 Å². The molecule has 1 amide bonds. The summed E-state index contributed by atoms with van der Waals surface area (Å²) in [5.74, 6) is 0. The molecule has 0 spiro atoms. The van der Waals surface area contributed by atoms with Crippen LogP contribution in [0.1, 0.15) is 11.1 Å². The van der Waals surface area contributed by atoms with Gasteiger partial charge in [0.25, 0.3) is 0 Å². The van der Waals surface area contributed by atoms with Gasteiger partial charge in [0.05, 0.1) is 5.02 Å². The summed E-state index contributed by atoms with van der Waals surface area (Å²) in [6.45, 7) is 0.633. The smallest absolute Gasteiger partial charge is 0.407 e. The number of halogens is 2. The monoisotopic (exact) mass is 353 g/mol. The van der Waals surface area contributed by atoms with Gasteiger partial charge in [0, 0.05) is 11.0 Å². The van der Waals surface area contributed by atoms with Crippen LogP contribution < -0.4 is 5.32 Å². The highest BCUT2D eigenvalue weighted by Gasteiger charge is 2.04. The molecule has 104 valence electrons. The minimum atomic E-state index is -0.451. The lowest BCUT2D eigenvalue weighted by Gasteiger charge is -2.08. The third-order valence-corrected chi connectivity index (χ3v) is 3.87. The van der Waals surface area contributed by atoms with Crippen LogP contribution in [0, 0.1) is 0 Å². The highest BCUT2D eigenvalue weighted by Crippen LogP contribution is 2.23. The van der Waals surface area contributed by atoms with Crippen LogP contribution in [0.4, 0.5) is 4.79 Å². The average molecular weight is 355 g/mol.